The van der Waals surface area contributed by atoms with Crippen LogP contribution in [0.2, 0.25) is 18.1 Å². The van der Waals surface area contributed by atoms with Crippen LogP contribution in [0.3, 0.4) is 0 Å². The molecule has 0 aliphatic carbocycles. The van der Waals surface area contributed by atoms with Crippen molar-refractivity contribution in [3.63, 3.8) is 0 Å². The molecule has 1 aromatic heterocycles. The van der Waals surface area contributed by atoms with Gasteiger partial charge >= 0.3 is 0 Å². The summed E-state index contributed by atoms with van der Waals surface area (Å²) < 4.78 is 13.2. The molecule has 0 aliphatic heterocycles. The number of hydrogen-bond donors (Lipinski definition) is 3. The van der Waals surface area contributed by atoms with Gasteiger partial charge in [-0.2, -0.15) is 0 Å². The monoisotopic (exact) mass is 572 g/mol. The number of aliphatic hydroxyl groups is 1. The molecule has 0 aliphatic rings. The molecule has 0 bridgehead atoms. The van der Waals surface area contributed by atoms with Crippen molar-refractivity contribution in [3.05, 3.63) is 111 Å². The molecule has 1 heterocycles. The van der Waals surface area contributed by atoms with Crippen molar-refractivity contribution in [2.75, 3.05) is 6.54 Å². The van der Waals surface area contributed by atoms with Crippen LogP contribution in [0.5, 0.6) is 5.75 Å². The second-order valence-electron chi connectivity index (χ2n) is 12.4. The first-order valence-corrected chi connectivity index (χ1v) is 17.3. The van der Waals surface area contributed by atoms with Gasteiger partial charge in [-0.1, -0.05) is 81.4 Å². The van der Waals surface area contributed by atoms with Gasteiger partial charge in [0, 0.05) is 24.0 Å². The summed E-state index contributed by atoms with van der Waals surface area (Å²) in [5.74, 6) is 0.640. The normalized spacial score (nSPS) is 13.7. The first-order chi connectivity index (χ1) is 19.5. The highest BCUT2D eigenvalue weighted by Gasteiger charge is 2.39. The van der Waals surface area contributed by atoms with Gasteiger partial charge in [0.2, 0.25) is 5.56 Å². The van der Waals surface area contributed by atoms with Crippen molar-refractivity contribution in [3.8, 4) is 5.75 Å². The maximum atomic E-state index is 12.4. The Kier molecular flexibility index (Phi) is 9.87. The van der Waals surface area contributed by atoms with Crippen LogP contribution in [0, 0.1) is 0 Å². The van der Waals surface area contributed by atoms with Crippen LogP contribution in [-0.4, -0.2) is 31.0 Å². The Morgan fingerprint density at radius 1 is 0.927 bits per heavy atom. The molecule has 218 valence electrons. The van der Waals surface area contributed by atoms with Crippen molar-refractivity contribution >= 4 is 19.2 Å². The Morgan fingerprint density at radius 3 is 2.34 bits per heavy atom. The highest BCUT2D eigenvalue weighted by molar-refractivity contribution is 6.74. The van der Waals surface area contributed by atoms with Crippen molar-refractivity contribution in [2.45, 2.75) is 77.6 Å². The summed E-state index contributed by atoms with van der Waals surface area (Å²) in [4.78, 5) is 15.4. The predicted octanol–water partition coefficient (Wildman–Crippen LogP) is 6.88. The molecule has 3 aromatic carbocycles. The van der Waals surface area contributed by atoms with E-state index in [4.69, 9.17) is 9.16 Å². The molecule has 0 fully saturated rings. The largest absolute Gasteiger partial charge is 0.487 e. The number of hydrogen-bond acceptors (Lipinski definition) is 5. The van der Waals surface area contributed by atoms with Crippen LogP contribution < -0.4 is 15.6 Å². The third-order valence-corrected chi connectivity index (χ3v) is 12.6. The summed E-state index contributed by atoms with van der Waals surface area (Å²) in [5.41, 5.74) is 4.70. The maximum absolute atomic E-state index is 12.4. The Labute approximate surface area is 244 Å². The number of benzene rings is 3. The molecule has 0 saturated heterocycles. The summed E-state index contributed by atoms with van der Waals surface area (Å²) in [5, 5.41) is 14.2. The molecule has 4 rings (SSSR count). The summed E-state index contributed by atoms with van der Waals surface area (Å²) >= 11 is 0. The average Bonchev–Trinajstić information content (AvgIpc) is 2.94. The smallest absolute Gasteiger partial charge is 0.248 e. The maximum Gasteiger partial charge on any atom is 0.248 e. The molecule has 1 unspecified atom stereocenters. The highest BCUT2D eigenvalue weighted by Crippen LogP contribution is 2.41. The lowest BCUT2D eigenvalue weighted by Crippen LogP contribution is -2.44. The van der Waals surface area contributed by atoms with Crippen molar-refractivity contribution in [2.24, 2.45) is 0 Å². The second kappa shape index (κ2) is 13.2. The zero-order valence-electron chi connectivity index (χ0n) is 25.2. The zero-order valence-corrected chi connectivity index (χ0v) is 26.2. The van der Waals surface area contributed by atoms with Crippen molar-refractivity contribution < 1.29 is 14.3 Å². The molecule has 41 heavy (non-hydrogen) atoms. The first kappa shape index (κ1) is 30.7. The van der Waals surface area contributed by atoms with E-state index in [1.807, 2.05) is 54.6 Å². The number of rotatable bonds is 12. The first-order valence-electron chi connectivity index (χ1n) is 14.4. The van der Waals surface area contributed by atoms with Crippen LogP contribution in [-0.2, 0) is 24.1 Å². The molecule has 4 aromatic rings. The molecule has 0 amide bonds. The predicted molar refractivity (Wildman–Crippen MR) is 170 cm³/mol. The number of pyridine rings is 1. The Hall–Kier alpha value is -3.23. The Balaban J connectivity index is 1.64. The molecule has 0 radical (unpaired) electrons. The molecule has 0 saturated carbocycles. The minimum atomic E-state index is -2.15. The SMILES string of the molecule is CC(Cc1cccc(CO)c1)NC[C@H](O[Si](C)(C)C(C)(C)C)c1ccc(OCc2ccccc2)c2[nH]c(=O)ccc12. The molecule has 2 atom stereocenters. The number of aliphatic hydroxyl groups excluding tert-OH is 1. The lowest BCUT2D eigenvalue weighted by molar-refractivity contribution is 0.177. The number of aromatic amines is 1. The molecular weight excluding hydrogens is 528 g/mol. The van der Waals surface area contributed by atoms with Gasteiger partial charge in [-0.15, -0.1) is 0 Å². The van der Waals surface area contributed by atoms with Crippen LogP contribution in [0.25, 0.3) is 10.9 Å². The second-order valence-corrected chi connectivity index (χ2v) is 17.2. The third kappa shape index (κ3) is 7.95. The number of ether oxygens (including phenoxy) is 1. The van der Waals surface area contributed by atoms with Crippen LogP contribution in [0.15, 0.2) is 83.7 Å². The summed E-state index contributed by atoms with van der Waals surface area (Å²) in [6.07, 6.45) is 0.611. The standard InChI is InChI=1S/C34H44N2O4Si/c1-24(19-26-13-10-14-27(20-26)22-37)35-21-31(40-41(5,6)34(2,3)4)28-15-17-30(33-29(28)16-18-32(38)36-33)39-23-25-11-8-7-9-12-25/h7-18,20,24,31,35,37H,19,21-23H2,1-6H3,(H,36,38)/t24?,31-/m0/s1. The van der Waals surface area contributed by atoms with E-state index < -0.39 is 8.32 Å². The van der Waals surface area contributed by atoms with Gasteiger partial charge in [0.1, 0.15) is 12.4 Å². The van der Waals surface area contributed by atoms with E-state index in [0.29, 0.717) is 24.4 Å². The quantitative estimate of drug-likeness (QED) is 0.161. The Bertz CT molecular complexity index is 1490. The van der Waals surface area contributed by atoms with Gasteiger partial charge in [-0.25, -0.2) is 0 Å². The fourth-order valence-electron chi connectivity index (χ4n) is 4.72. The number of H-pyrrole nitrogens is 1. The van der Waals surface area contributed by atoms with Gasteiger partial charge in [0.25, 0.3) is 0 Å². The summed E-state index contributed by atoms with van der Waals surface area (Å²) in [6.45, 7) is 14.5. The minimum absolute atomic E-state index is 0.0322. The zero-order chi connectivity index (χ0) is 29.6. The van der Waals surface area contributed by atoms with E-state index in [9.17, 15) is 9.90 Å². The number of aromatic nitrogens is 1. The number of nitrogens with one attached hydrogen (secondary N) is 2. The van der Waals surface area contributed by atoms with Gasteiger partial charge in [-0.05, 0) is 65.9 Å². The van der Waals surface area contributed by atoms with E-state index >= 15 is 0 Å². The van der Waals surface area contributed by atoms with Crippen LogP contribution in [0.4, 0.5) is 0 Å². The van der Waals surface area contributed by atoms with E-state index in [1.54, 1.807) is 6.07 Å². The van der Waals surface area contributed by atoms with Gasteiger partial charge in [0.15, 0.2) is 8.32 Å². The summed E-state index contributed by atoms with van der Waals surface area (Å²) in [6, 6.07) is 25.7. The van der Waals surface area contributed by atoms with E-state index in [1.165, 1.54) is 5.56 Å². The fourth-order valence-corrected chi connectivity index (χ4v) is 6.00. The highest BCUT2D eigenvalue weighted by atomic mass is 28.4. The average molecular weight is 573 g/mol. The third-order valence-electron chi connectivity index (χ3n) is 8.09. The van der Waals surface area contributed by atoms with Crippen molar-refractivity contribution in [1.29, 1.82) is 0 Å². The van der Waals surface area contributed by atoms with Gasteiger partial charge in [-0.3, -0.25) is 4.79 Å². The van der Waals surface area contributed by atoms with Crippen LogP contribution >= 0.6 is 0 Å². The van der Waals surface area contributed by atoms with E-state index in [0.717, 1.165) is 28.5 Å². The lowest BCUT2D eigenvalue weighted by Gasteiger charge is -2.40. The Morgan fingerprint density at radius 2 is 1.63 bits per heavy atom. The molecule has 3 N–H and O–H groups in total. The number of fused-ring (bicyclic) bond motifs is 1. The van der Waals surface area contributed by atoms with Crippen LogP contribution in [0.1, 0.15) is 56.1 Å². The topological polar surface area (TPSA) is 83.6 Å². The lowest BCUT2D eigenvalue weighted by atomic mass is 10.0. The molecule has 7 heteroatoms. The molecular formula is C34H44N2O4Si. The molecule has 6 nitrogen and oxygen atoms in total. The summed E-state index contributed by atoms with van der Waals surface area (Å²) in [7, 11) is -2.15. The molecule has 0 spiro atoms. The minimum Gasteiger partial charge on any atom is -0.487 e. The van der Waals surface area contributed by atoms with E-state index in [-0.39, 0.29) is 29.4 Å². The fraction of sp³-hybridized carbons (Fsp3) is 0.382. The van der Waals surface area contributed by atoms with Crippen molar-refractivity contribution in [1.82, 2.24) is 10.3 Å². The van der Waals surface area contributed by atoms with Gasteiger partial charge in [0.05, 0.1) is 18.2 Å². The van der Waals surface area contributed by atoms with E-state index in [2.05, 4.69) is 69.3 Å². The van der Waals surface area contributed by atoms with Gasteiger partial charge < -0.3 is 24.6 Å².